The summed E-state index contributed by atoms with van der Waals surface area (Å²) in [6.45, 7) is 4.46. The van der Waals surface area contributed by atoms with Crippen LogP contribution in [0.25, 0.3) is 0 Å². The number of hydrogen-bond acceptors (Lipinski definition) is 3. The summed E-state index contributed by atoms with van der Waals surface area (Å²) >= 11 is 2.06. The molecule has 0 amide bonds. The summed E-state index contributed by atoms with van der Waals surface area (Å²) in [5.74, 6) is 0. The van der Waals surface area contributed by atoms with Crippen molar-refractivity contribution in [3.8, 4) is 0 Å². The maximum atomic E-state index is 10.8. The highest BCUT2D eigenvalue weighted by Crippen LogP contribution is 2.08. The van der Waals surface area contributed by atoms with Gasteiger partial charge in [0.25, 0.3) is 0 Å². The monoisotopic (exact) mass is 286 g/mol. The Balaban J connectivity index is 3.33. The van der Waals surface area contributed by atoms with Gasteiger partial charge < -0.3 is 9.47 Å². The molecule has 0 spiro atoms. The van der Waals surface area contributed by atoms with Crippen molar-refractivity contribution in [2.45, 2.75) is 37.2 Å². The molecule has 0 saturated heterocycles. The first-order chi connectivity index (χ1) is 5.70. The Morgan fingerprint density at radius 2 is 2.17 bits per heavy atom. The minimum absolute atomic E-state index is 0.0725. The molecule has 0 fully saturated rings. The van der Waals surface area contributed by atoms with E-state index in [-0.39, 0.29) is 4.11 Å². The molecule has 0 aliphatic heterocycles. The molecule has 0 aliphatic rings. The van der Waals surface area contributed by atoms with Crippen molar-refractivity contribution in [3.63, 3.8) is 0 Å². The second-order valence-electron chi connectivity index (χ2n) is 2.39. The molecule has 0 bridgehead atoms. The summed E-state index contributed by atoms with van der Waals surface area (Å²) in [5.41, 5.74) is 0. The zero-order chi connectivity index (χ0) is 9.40. The molecular formula is C8H15IO3. The second-order valence-corrected chi connectivity index (χ2v) is 3.78. The number of carbonyl (C=O) groups is 1. The van der Waals surface area contributed by atoms with Gasteiger partial charge in [0, 0.05) is 0 Å². The SMILES string of the molecule is CCCCOC(=O)OC(I)CC. The highest BCUT2D eigenvalue weighted by molar-refractivity contribution is 14.1. The molecule has 0 aliphatic carbocycles. The Hall–Kier alpha value is 0. The van der Waals surface area contributed by atoms with Crippen molar-refractivity contribution in [2.75, 3.05) is 6.61 Å². The van der Waals surface area contributed by atoms with Crippen molar-refractivity contribution in [1.82, 2.24) is 0 Å². The van der Waals surface area contributed by atoms with Crippen LogP contribution in [-0.4, -0.2) is 16.9 Å². The Morgan fingerprint density at radius 1 is 1.50 bits per heavy atom. The lowest BCUT2D eigenvalue weighted by atomic mass is 10.4. The topological polar surface area (TPSA) is 35.5 Å². The summed E-state index contributed by atoms with van der Waals surface area (Å²) in [5, 5.41) is 0. The van der Waals surface area contributed by atoms with Crippen LogP contribution in [0.4, 0.5) is 4.79 Å². The largest absolute Gasteiger partial charge is 0.509 e. The average Bonchev–Trinajstić information content (AvgIpc) is 2.05. The first kappa shape index (κ1) is 12.0. The van der Waals surface area contributed by atoms with E-state index >= 15 is 0 Å². The van der Waals surface area contributed by atoms with Gasteiger partial charge >= 0.3 is 6.16 Å². The van der Waals surface area contributed by atoms with Gasteiger partial charge in [-0.25, -0.2) is 4.79 Å². The zero-order valence-corrected chi connectivity index (χ0v) is 9.67. The van der Waals surface area contributed by atoms with Crippen LogP contribution in [0, 0.1) is 0 Å². The van der Waals surface area contributed by atoms with Crippen LogP contribution < -0.4 is 0 Å². The maximum absolute atomic E-state index is 10.8. The van der Waals surface area contributed by atoms with Crippen LogP contribution in [0.15, 0.2) is 0 Å². The molecular weight excluding hydrogens is 271 g/mol. The van der Waals surface area contributed by atoms with Crippen LogP contribution in [0.2, 0.25) is 0 Å². The van der Waals surface area contributed by atoms with Crippen LogP contribution in [0.3, 0.4) is 0 Å². The highest BCUT2D eigenvalue weighted by Gasteiger charge is 2.08. The Morgan fingerprint density at radius 3 is 2.67 bits per heavy atom. The Kier molecular flexibility index (Phi) is 7.64. The van der Waals surface area contributed by atoms with E-state index in [0.717, 1.165) is 19.3 Å². The molecule has 0 rings (SSSR count). The molecule has 3 nitrogen and oxygen atoms in total. The molecule has 0 heterocycles. The van der Waals surface area contributed by atoms with Crippen molar-refractivity contribution < 1.29 is 14.3 Å². The second kappa shape index (κ2) is 7.64. The van der Waals surface area contributed by atoms with Crippen LogP contribution in [-0.2, 0) is 9.47 Å². The lowest BCUT2D eigenvalue weighted by Gasteiger charge is -2.08. The fraction of sp³-hybridized carbons (Fsp3) is 0.875. The lowest BCUT2D eigenvalue weighted by molar-refractivity contribution is 0.0499. The molecule has 0 aromatic rings. The van der Waals surface area contributed by atoms with E-state index in [4.69, 9.17) is 9.47 Å². The fourth-order valence-electron chi connectivity index (χ4n) is 0.522. The van der Waals surface area contributed by atoms with Gasteiger partial charge in [0.2, 0.25) is 0 Å². The number of alkyl halides is 1. The van der Waals surface area contributed by atoms with Gasteiger partial charge in [0.05, 0.1) is 6.61 Å². The van der Waals surface area contributed by atoms with E-state index in [2.05, 4.69) is 22.6 Å². The van der Waals surface area contributed by atoms with Crippen molar-refractivity contribution in [1.29, 1.82) is 0 Å². The molecule has 4 heteroatoms. The Labute approximate surface area is 86.9 Å². The van der Waals surface area contributed by atoms with Gasteiger partial charge in [-0.1, -0.05) is 20.3 Å². The quantitative estimate of drug-likeness (QED) is 0.337. The van der Waals surface area contributed by atoms with Gasteiger partial charge in [-0.15, -0.1) is 0 Å². The van der Waals surface area contributed by atoms with Gasteiger partial charge in [-0.3, -0.25) is 0 Å². The molecule has 72 valence electrons. The zero-order valence-electron chi connectivity index (χ0n) is 7.51. The van der Waals surface area contributed by atoms with E-state index in [9.17, 15) is 4.79 Å². The third-order valence-electron chi connectivity index (χ3n) is 1.26. The first-order valence-electron chi connectivity index (χ1n) is 4.18. The van der Waals surface area contributed by atoms with Crippen LogP contribution in [0.1, 0.15) is 33.1 Å². The fourth-order valence-corrected chi connectivity index (χ4v) is 0.729. The molecule has 1 unspecified atom stereocenters. The smallest absolute Gasteiger partial charge is 0.434 e. The predicted octanol–water partition coefficient (Wildman–Crippen LogP) is 3.11. The molecule has 0 aromatic carbocycles. The number of carbonyl (C=O) groups excluding carboxylic acids is 1. The summed E-state index contributed by atoms with van der Waals surface area (Å²) in [6, 6.07) is 0. The van der Waals surface area contributed by atoms with Crippen molar-refractivity contribution in [2.24, 2.45) is 0 Å². The van der Waals surface area contributed by atoms with E-state index in [0.29, 0.717) is 6.61 Å². The number of hydrogen-bond donors (Lipinski definition) is 0. The van der Waals surface area contributed by atoms with Crippen LogP contribution in [0.5, 0.6) is 0 Å². The van der Waals surface area contributed by atoms with E-state index in [1.807, 2.05) is 13.8 Å². The van der Waals surface area contributed by atoms with Crippen LogP contribution >= 0.6 is 22.6 Å². The molecule has 0 aromatic heterocycles. The summed E-state index contributed by atoms with van der Waals surface area (Å²) in [7, 11) is 0. The van der Waals surface area contributed by atoms with Gasteiger partial charge in [0.1, 0.15) is 0 Å². The molecule has 12 heavy (non-hydrogen) atoms. The van der Waals surface area contributed by atoms with Gasteiger partial charge in [0.15, 0.2) is 4.11 Å². The first-order valence-corrected chi connectivity index (χ1v) is 5.42. The highest BCUT2D eigenvalue weighted by atomic mass is 127. The minimum atomic E-state index is -0.551. The minimum Gasteiger partial charge on any atom is -0.434 e. The lowest BCUT2D eigenvalue weighted by Crippen LogP contribution is -2.13. The summed E-state index contributed by atoms with van der Waals surface area (Å²) < 4.78 is 9.59. The van der Waals surface area contributed by atoms with Crippen molar-refractivity contribution >= 4 is 28.7 Å². The standard InChI is InChI=1S/C8H15IO3/c1-3-5-6-11-8(10)12-7(9)4-2/h7H,3-6H2,1-2H3. The number of unbranched alkanes of at least 4 members (excludes halogenated alkanes) is 1. The van der Waals surface area contributed by atoms with Gasteiger partial charge in [-0.2, -0.15) is 0 Å². The van der Waals surface area contributed by atoms with Crippen molar-refractivity contribution in [3.05, 3.63) is 0 Å². The molecule has 1 atom stereocenters. The number of halogens is 1. The van der Waals surface area contributed by atoms with E-state index in [1.54, 1.807) is 0 Å². The number of ether oxygens (including phenoxy) is 2. The summed E-state index contributed by atoms with van der Waals surface area (Å²) in [6.07, 6.45) is 2.18. The van der Waals surface area contributed by atoms with Gasteiger partial charge in [-0.05, 0) is 35.4 Å². The number of rotatable bonds is 5. The average molecular weight is 286 g/mol. The summed E-state index contributed by atoms with van der Waals surface area (Å²) in [4.78, 5) is 10.8. The third kappa shape index (κ3) is 6.69. The Bertz CT molecular complexity index is 127. The third-order valence-corrected chi connectivity index (χ3v) is 2.40. The van der Waals surface area contributed by atoms with E-state index < -0.39 is 6.16 Å². The molecule has 0 N–H and O–H groups in total. The maximum Gasteiger partial charge on any atom is 0.509 e. The van der Waals surface area contributed by atoms with E-state index in [1.165, 1.54) is 0 Å². The normalized spacial score (nSPS) is 12.2. The molecule has 0 saturated carbocycles. The molecule has 0 radical (unpaired) electrons. The predicted molar refractivity (Wildman–Crippen MR) is 55.4 cm³/mol.